The van der Waals surface area contributed by atoms with Gasteiger partial charge in [0.05, 0.1) is 12.0 Å². The first-order chi connectivity index (χ1) is 8.27. The van der Waals surface area contributed by atoms with E-state index < -0.39 is 0 Å². The lowest BCUT2D eigenvalue weighted by Gasteiger charge is -2.29. The minimum Gasteiger partial charge on any atom is -0.393 e. The van der Waals surface area contributed by atoms with Crippen LogP contribution in [0.15, 0.2) is 0 Å². The second kappa shape index (κ2) is 7.97. The Morgan fingerprint density at radius 3 is 2.67 bits per heavy atom. The van der Waals surface area contributed by atoms with Gasteiger partial charge in [-0.25, -0.2) is 0 Å². The third-order valence-corrected chi connectivity index (χ3v) is 4.08. The maximum Gasteiger partial charge on any atom is 0.224 e. The van der Waals surface area contributed by atoms with E-state index in [1.54, 1.807) is 0 Å². The molecular formula is C13H25ClN2O2. The van der Waals surface area contributed by atoms with E-state index in [1.165, 1.54) is 6.42 Å². The van der Waals surface area contributed by atoms with Crippen molar-refractivity contribution in [3.8, 4) is 0 Å². The Morgan fingerprint density at radius 1 is 1.22 bits per heavy atom. The van der Waals surface area contributed by atoms with Crippen molar-refractivity contribution in [2.45, 2.75) is 44.6 Å². The molecule has 106 valence electrons. The fourth-order valence-electron chi connectivity index (χ4n) is 2.88. The van der Waals surface area contributed by atoms with Gasteiger partial charge < -0.3 is 15.7 Å². The van der Waals surface area contributed by atoms with Crippen molar-refractivity contribution in [1.29, 1.82) is 0 Å². The number of halogens is 1. The van der Waals surface area contributed by atoms with E-state index >= 15 is 0 Å². The Morgan fingerprint density at radius 2 is 2.00 bits per heavy atom. The van der Waals surface area contributed by atoms with Gasteiger partial charge >= 0.3 is 0 Å². The lowest BCUT2D eigenvalue weighted by molar-refractivity contribution is -0.125. The highest BCUT2D eigenvalue weighted by Crippen LogP contribution is 2.23. The first-order valence-electron chi connectivity index (χ1n) is 6.94. The van der Waals surface area contributed by atoms with Crippen LogP contribution in [0.2, 0.25) is 0 Å². The van der Waals surface area contributed by atoms with Gasteiger partial charge in [-0.2, -0.15) is 0 Å². The van der Waals surface area contributed by atoms with Crippen molar-refractivity contribution in [1.82, 2.24) is 10.6 Å². The molecule has 3 N–H and O–H groups in total. The van der Waals surface area contributed by atoms with Crippen LogP contribution in [0.3, 0.4) is 0 Å². The van der Waals surface area contributed by atoms with Gasteiger partial charge in [0.15, 0.2) is 0 Å². The topological polar surface area (TPSA) is 61.4 Å². The minimum atomic E-state index is -0.214. The van der Waals surface area contributed by atoms with Crippen LogP contribution in [-0.4, -0.2) is 36.8 Å². The van der Waals surface area contributed by atoms with Crippen LogP contribution in [0.4, 0.5) is 0 Å². The number of hydrogen-bond donors (Lipinski definition) is 3. The maximum absolute atomic E-state index is 11.9. The zero-order valence-corrected chi connectivity index (χ0v) is 11.7. The molecule has 4 nitrogen and oxygen atoms in total. The van der Waals surface area contributed by atoms with Crippen LogP contribution >= 0.6 is 12.4 Å². The summed E-state index contributed by atoms with van der Waals surface area (Å²) in [6.45, 7) is 2.49. The van der Waals surface area contributed by atoms with Crippen molar-refractivity contribution >= 4 is 18.3 Å². The number of carbonyl (C=O) groups excluding carboxylic acids is 1. The molecule has 0 aromatic heterocycles. The molecule has 0 spiro atoms. The highest BCUT2D eigenvalue weighted by molar-refractivity contribution is 5.85. The van der Waals surface area contributed by atoms with E-state index in [9.17, 15) is 9.90 Å². The van der Waals surface area contributed by atoms with Crippen LogP contribution in [0, 0.1) is 11.8 Å². The molecule has 0 aromatic carbocycles. The average molecular weight is 277 g/mol. The summed E-state index contributed by atoms with van der Waals surface area (Å²) in [7, 11) is 0. The number of carbonyl (C=O) groups is 1. The fourth-order valence-corrected chi connectivity index (χ4v) is 2.88. The molecule has 5 heteroatoms. The monoisotopic (exact) mass is 276 g/mol. The van der Waals surface area contributed by atoms with Crippen molar-refractivity contribution < 1.29 is 9.90 Å². The normalized spacial score (nSPS) is 32.4. The summed E-state index contributed by atoms with van der Waals surface area (Å²) in [6.07, 6.45) is 6.11. The third-order valence-electron chi connectivity index (χ3n) is 4.08. The molecular weight excluding hydrogens is 252 g/mol. The highest BCUT2D eigenvalue weighted by Gasteiger charge is 2.25. The van der Waals surface area contributed by atoms with Gasteiger partial charge in [-0.05, 0) is 32.2 Å². The third kappa shape index (κ3) is 4.41. The smallest absolute Gasteiger partial charge is 0.224 e. The second-order valence-electron chi connectivity index (χ2n) is 5.40. The van der Waals surface area contributed by atoms with E-state index in [4.69, 9.17) is 0 Å². The molecule has 2 unspecified atom stereocenters. The van der Waals surface area contributed by atoms with Crippen LogP contribution in [0.1, 0.15) is 38.5 Å². The van der Waals surface area contributed by atoms with Crippen LogP contribution in [-0.2, 0) is 4.79 Å². The summed E-state index contributed by atoms with van der Waals surface area (Å²) in [4.78, 5) is 11.9. The Balaban J connectivity index is 0.00000162. The Labute approximate surface area is 115 Å². The summed E-state index contributed by atoms with van der Waals surface area (Å²) in [6, 6.07) is 0. The molecule has 0 radical (unpaired) electrons. The van der Waals surface area contributed by atoms with Gasteiger partial charge in [-0.15, -0.1) is 12.4 Å². The van der Waals surface area contributed by atoms with Gasteiger partial charge in [0.25, 0.3) is 0 Å². The largest absolute Gasteiger partial charge is 0.393 e. The lowest BCUT2D eigenvalue weighted by atomic mass is 9.86. The second-order valence-corrected chi connectivity index (χ2v) is 5.40. The number of amides is 1. The maximum atomic E-state index is 11.9. The molecule has 2 aliphatic rings. The molecule has 1 saturated carbocycles. The first-order valence-corrected chi connectivity index (χ1v) is 6.94. The zero-order chi connectivity index (χ0) is 12.1. The number of hydrogen-bond acceptors (Lipinski definition) is 3. The van der Waals surface area contributed by atoms with E-state index in [0.717, 1.165) is 45.2 Å². The lowest BCUT2D eigenvalue weighted by Crippen LogP contribution is -2.43. The van der Waals surface area contributed by atoms with Gasteiger partial charge in [-0.3, -0.25) is 4.79 Å². The molecule has 1 saturated heterocycles. The SMILES string of the molecule is Cl.O=C(NCC1CCCCC1O)[C@@H]1CCCNC1. The Kier molecular flexibility index (Phi) is 6.97. The van der Waals surface area contributed by atoms with E-state index in [2.05, 4.69) is 10.6 Å². The van der Waals surface area contributed by atoms with E-state index in [-0.39, 0.29) is 36.3 Å². The minimum absolute atomic E-state index is 0. The van der Waals surface area contributed by atoms with Crippen LogP contribution in [0.25, 0.3) is 0 Å². The molecule has 0 aromatic rings. The standard InChI is InChI=1S/C13H24N2O2.ClH/c16-12-6-2-1-4-10(12)9-15-13(17)11-5-3-7-14-8-11;/h10-12,14,16H,1-9H2,(H,15,17);1H/t10?,11-,12?;/m1./s1. The van der Waals surface area contributed by atoms with Crippen molar-refractivity contribution in [3.05, 3.63) is 0 Å². The first kappa shape index (κ1) is 15.7. The zero-order valence-electron chi connectivity index (χ0n) is 10.9. The summed E-state index contributed by atoms with van der Waals surface area (Å²) in [5.74, 6) is 0.559. The Bertz CT molecular complexity index is 257. The summed E-state index contributed by atoms with van der Waals surface area (Å²) in [5.41, 5.74) is 0. The van der Waals surface area contributed by atoms with E-state index in [1.807, 2.05) is 0 Å². The molecule has 1 aliphatic carbocycles. The van der Waals surface area contributed by atoms with Crippen molar-refractivity contribution in [2.24, 2.45) is 11.8 Å². The van der Waals surface area contributed by atoms with Gasteiger partial charge in [-0.1, -0.05) is 12.8 Å². The van der Waals surface area contributed by atoms with E-state index in [0.29, 0.717) is 6.54 Å². The number of piperidine rings is 1. The molecule has 1 aliphatic heterocycles. The van der Waals surface area contributed by atoms with Crippen molar-refractivity contribution in [2.75, 3.05) is 19.6 Å². The summed E-state index contributed by atoms with van der Waals surface area (Å²) in [5, 5.41) is 16.1. The number of aliphatic hydroxyl groups excluding tert-OH is 1. The van der Waals surface area contributed by atoms with Crippen LogP contribution < -0.4 is 10.6 Å². The molecule has 1 amide bonds. The van der Waals surface area contributed by atoms with Gasteiger partial charge in [0, 0.05) is 19.0 Å². The van der Waals surface area contributed by atoms with Crippen molar-refractivity contribution in [3.63, 3.8) is 0 Å². The predicted octanol–water partition coefficient (Wildman–Crippen LogP) is 1.08. The molecule has 3 atom stereocenters. The van der Waals surface area contributed by atoms with Crippen LogP contribution in [0.5, 0.6) is 0 Å². The number of nitrogens with one attached hydrogen (secondary N) is 2. The number of aliphatic hydroxyl groups is 1. The quantitative estimate of drug-likeness (QED) is 0.723. The molecule has 0 bridgehead atoms. The van der Waals surface area contributed by atoms with Gasteiger partial charge in [0.1, 0.15) is 0 Å². The van der Waals surface area contributed by atoms with Gasteiger partial charge in [0.2, 0.25) is 5.91 Å². The molecule has 18 heavy (non-hydrogen) atoms. The fraction of sp³-hybridized carbons (Fsp3) is 0.923. The molecule has 2 fully saturated rings. The summed E-state index contributed by atoms with van der Waals surface area (Å²) >= 11 is 0. The molecule has 2 rings (SSSR count). The number of rotatable bonds is 3. The summed E-state index contributed by atoms with van der Waals surface area (Å²) < 4.78 is 0. The molecule has 1 heterocycles. The highest BCUT2D eigenvalue weighted by atomic mass is 35.5. The predicted molar refractivity (Wildman–Crippen MR) is 73.8 cm³/mol. The average Bonchev–Trinajstić information content (AvgIpc) is 2.38. The Hall–Kier alpha value is -0.320.